The molecule has 1 aromatic heterocycles. The van der Waals surface area contributed by atoms with Crippen molar-refractivity contribution in [2.75, 3.05) is 5.88 Å². The van der Waals surface area contributed by atoms with Crippen molar-refractivity contribution in [1.82, 2.24) is 15.2 Å². The highest BCUT2D eigenvalue weighted by atomic mass is 35.5. The van der Waals surface area contributed by atoms with E-state index >= 15 is 0 Å². The van der Waals surface area contributed by atoms with Crippen LogP contribution < -0.4 is 5.32 Å². The van der Waals surface area contributed by atoms with Crippen molar-refractivity contribution in [1.29, 1.82) is 0 Å². The van der Waals surface area contributed by atoms with Gasteiger partial charge in [0.2, 0.25) is 11.8 Å². The SMILES string of the molecule is C=C(CCl)C(C(=O)O)N1C(=O)C(NC(=O)Cc2ccccc2)C1SSc1nc2ccccc2s1. The molecule has 1 aliphatic rings. The largest absolute Gasteiger partial charge is 0.479 e. The van der Waals surface area contributed by atoms with E-state index in [1.807, 2.05) is 54.6 Å². The van der Waals surface area contributed by atoms with E-state index in [2.05, 4.69) is 16.9 Å². The van der Waals surface area contributed by atoms with Crippen molar-refractivity contribution >= 4 is 72.5 Å². The van der Waals surface area contributed by atoms with E-state index in [9.17, 15) is 19.5 Å². The lowest BCUT2D eigenvalue weighted by molar-refractivity contribution is -0.159. The number of nitrogens with zero attached hydrogens (tertiary/aromatic N) is 2. The van der Waals surface area contributed by atoms with Crippen molar-refractivity contribution in [3.8, 4) is 0 Å². The van der Waals surface area contributed by atoms with Crippen LogP contribution in [-0.4, -0.2) is 56.1 Å². The number of fused-ring (bicyclic) bond motifs is 1. The zero-order chi connectivity index (χ0) is 24.2. The van der Waals surface area contributed by atoms with Gasteiger partial charge in [0.15, 0.2) is 10.4 Å². The molecule has 2 heterocycles. The van der Waals surface area contributed by atoms with Gasteiger partial charge >= 0.3 is 5.97 Å². The molecule has 4 rings (SSSR count). The molecule has 11 heteroatoms. The van der Waals surface area contributed by atoms with Crippen molar-refractivity contribution in [2.45, 2.75) is 28.2 Å². The highest BCUT2D eigenvalue weighted by Gasteiger charge is 2.54. The van der Waals surface area contributed by atoms with Crippen LogP contribution in [0.1, 0.15) is 5.56 Å². The molecule has 0 bridgehead atoms. The van der Waals surface area contributed by atoms with Crippen molar-refractivity contribution in [2.24, 2.45) is 0 Å². The number of amides is 2. The molecular formula is C23H20ClN3O4S3. The van der Waals surface area contributed by atoms with Gasteiger partial charge in [-0.1, -0.05) is 59.8 Å². The molecule has 34 heavy (non-hydrogen) atoms. The normalized spacial score (nSPS) is 18.4. The second-order valence-electron chi connectivity index (χ2n) is 7.50. The maximum atomic E-state index is 13.0. The first-order valence-electron chi connectivity index (χ1n) is 10.2. The second kappa shape index (κ2) is 10.8. The first kappa shape index (κ1) is 24.6. The average molecular weight is 534 g/mol. The van der Waals surface area contributed by atoms with Crippen molar-refractivity contribution in [3.63, 3.8) is 0 Å². The van der Waals surface area contributed by atoms with Gasteiger partial charge in [-0.05, 0) is 34.1 Å². The number of carbonyl (C=O) groups excluding carboxylic acids is 2. The number of nitrogens with one attached hydrogen (secondary N) is 1. The van der Waals surface area contributed by atoms with E-state index in [-0.39, 0.29) is 23.8 Å². The minimum Gasteiger partial charge on any atom is -0.479 e. The predicted octanol–water partition coefficient (Wildman–Crippen LogP) is 4.18. The molecule has 2 N–H and O–H groups in total. The van der Waals surface area contributed by atoms with Gasteiger partial charge in [-0.25, -0.2) is 9.78 Å². The molecule has 0 aliphatic carbocycles. The summed E-state index contributed by atoms with van der Waals surface area (Å²) in [7, 11) is 2.62. The fourth-order valence-corrected chi connectivity index (χ4v) is 7.65. The molecule has 3 aromatic rings. The molecule has 176 valence electrons. The van der Waals surface area contributed by atoms with Crippen LogP contribution in [0.3, 0.4) is 0 Å². The molecule has 2 amide bonds. The van der Waals surface area contributed by atoms with Gasteiger partial charge < -0.3 is 15.3 Å². The van der Waals surface area contributed by atoms with E-state index < -0.39 is 29.3 Å². The Labute approximate surface area is 213 Å². The zero-order valence-electron chi connectivity index (χ0n) is 17.7. The summed E-state index contributed by atoms with van der Waals surface area (Å²) in [5, 5.41) is 11.9. The van der Waals surface area contributed by atoms with E-state index in [1.54, 1.807) is 0 Å². The topological polar surface area (TPSA) is 99.6 Å². The number of carboxylic acids is 1. The van der Waals surface area contributed by atoms with E-state index in [0.29, 0.717) is 0 Å². The summed E-state index contributed by atoms with van der Waals surface area (Å²) < 4.78 is 1.79. The van der Waals surface area contributed by atoms with Crippen molar-refractivity contribution in [3.05, 3.63) is 72.3 Å². The number of para-hydroxylation sites is 1. The highest BCUT2D eigenvalue weighted by Crippen LogP contribution is 2.45. The number of carbonyl (C=O) groups is 3. The van der Waals surface area contributed by atoms with Crippen LogP contribution in [0.25, 0.3) is 10.2 Å². The van der Waals surface area contributed by atoms with Gasteiger partial charge in [0.05, 0.1) is 16.6 Å². The quantitative estimate of drug-likeness (QED) is 0.174. The summed E-state index contributed by atoms with van der Waals surface area (Å²) in [5.41, 5.74) is 1.88. The molecular weight excluding hydrogens is 514 g/mol. The lowest BCUT2D eigenvalue weighted by Crippen LogP contribution is -2.73. The molecule has 3 atom stereocenters. The fourth-order valence-electron chi connectivity index (χ4n) is 3.54. The van der Waals surface area contributed by atoms with Gasteiger partial charge in [0, 0.05) is 5.88 Å². The number of benzene rings is 2. The lowest BCUT2D eigenvalue weighted by atomic mass is 9.99. The Morgan fingerprint density at radius 1 is 1.21 bits per heavy atom. The number of carboxylic acid groups (broad SMARTS) is 1. The second-order valence-corrected chi connectivity index (χ2v) is 11.4. The Balaban J connectivity index is 1.52. The third kappa shape index (κ3) is 5.25. The number of hydrogen-bond acceptors (Lipinski definition) is 7. The summed E-state index contributed by atoms with van der Waals surface area (Å²) in [6.07, 6.45) is 0.115. The molecule has 1 aliphatic heterocycles. The Kier molecular flexibility index (Phi) is 7.82. The standard InChI is InChI=1S/C23H20ClN3O4S3/c1-13(12-24)19(22(30)31)27-20(29)18(26-17(28)11-14-7-3-2-4-8-14)21(27)33-34-23-25-15-9-5-6-10-16(15)32-23/h2-10,18-19,21H,1,11-12H2,(H,26,28)(H,30,31). The van der Waals surface area contributed by atoms with Gasteiger partial charge in [-0.15, -0.1) is 22.9 Å². The van der Waals surface area contributed by atoms with Gasteiger partial charge in [-0.2, -0.15) is 0 Å². The molecule has 2 aromatic carbocycles. The highest BCUT2D eigenvalue weighted by molar-refractivity contribution is 8.77. The van der Waals surface area contributed by atoms with Crippen LogP contribution in [0.5, 0.6) is 0 Å². The molecule has 1 saturated heterocycles. The smallest absolute Gasteiger partial charge is 0.330 e. The number of thiazole rings is 1. The molecule has 3 unspecified atom stereocenters. The van der Waals surface area contributed by atoms with Crippen LogP contribution in [0, 0.1) is 0 Å². The Bertz CT molecular complexity index is 1200. The molecule has 0 spiro atoms. The molecule has 0 radical (unpaired) electrons. The summed E-state index contributed by atoms with van der Waals surface area (Å²) in [5.74, 6) is -2.12. The van der Waals surface area contributed by atoms with Crippen LogP contribution in [0.4, 0.5) is 0 Å². The number of aliphatic carboxylic acids is 1. The third-order valence-corrected chi connectivity index (χ3v) is 9.54. The number of likely N-dealkylation sites (tertiary alicyclic amines) is 1. The Morgan fingerprint density at radius 3 is 2.59 bits per heavy atom. The molecule has 1 fully saturated rings. The lowest BCUT2D eigenvalue weighted by Gasteiger charge is -2.49. The summed E-state index contributed by atoms with van der Waals surface area (Å²) >= 11 is 7.35. The van der Waals surface area contributed by atoms with Crippen LogP contribution >= 0.6 is 44.5 Å². The van der Waals surface area contributed by atoms with Gasteiger partial charge in [0.25, 0.3) is 0 Å². The summed E-state index contributed by atoms with van der Waals surface area (Å²) in [6, 6.07) is 14.8. The fraction of sp³-hybridized carbons (Fsp3) is 0.217. The first-order chi connectivity index (χ1) is 16.4. The Hall–Kier alpha value is -2.53. The number of rotatable bonds is 10. The minimum absolute atomic E-state index is 0.103. The number of hydrogen-bond donors (Lipinski definition) is 2. The predicted molar refractivity (Wildman–Crippen MR) is 137 cm³/mol. The number of alkyl halides is 1. The monoisotopic (exact) mass is 533 g/mol. The van der Waals surface area contributed by atoms with Crippen LogP contribution in [0.2, 0.25) is 0 Å². The number of β-lactam (4-membered cyclic amide) rings is 1. The summed E-state index contributed by atoms with van der Waals surface area (Å²) in [4.78, 5) is 43.4. The molecule has 7 nitrogen and oxygen atoms in total. The minimum atomic E-state index is -1.28. The van der Waals surface area contributed by atoms with Crippen molar-refractivity contribution < 1.29 is 19.5 Å². The molecule has 0 saturated carbocycles. The first-order valence-corrected chi connectivity index (χ1v) is 13.8. The zero-order valence-corrected chi connectivity index (χ0v) is 20.9. The van der Waals surface area contributed by atoms with Crippen LogP contribution in [-0.2, 0) is 20.8 Å². The third-order valence-electron chi connectivity index (χ3n) is 5.17. The number of aromatic nitrogens is 1. The average Bonchev–Trinajstić information content (AvgIpc) is 3.25. The van der Waals surface area contributed by atoms with Crippen LogP contribution in [0.15, 0.2) is 71.1 Å². The number of halogens is 1. The van der Waals surface area contributed by atoms with E-state index in [4.69, 9.17) is 11.6 Å². The van der Waals surface area contributed by atoms with Gasteiger partial charge in [0.1, 0.15) is 11.4 Å². The van der Waals surface area contributed by atoms with E-state index in [0.717, 1.165) is 20.1 Å². The Morgan fingerprint density at radius 2 is 1.91 bits per heavy atom. The van der Waals surface area contributed by atoms with Gasteiger partial charge in [-0.3, -0.25) is 9.59 Å². The maximum absolute atomic E-state index is 13.0. The summed E-state index contributed by atoms with van der Waals surface area (Å²) in [6.45, 7) is 3.74. The maximum Gasteiger partial charge on any atom is 0.330 e. The van der Waals surface area contributed by atoms with E-state index in [1.165, 1.54) is 37.8 Å².